The molecule has 2 fully saturated rings. The molecule has 3 N–H and O–H groups in total. The van der Waals surface area contributed by atoms with E-state index in [2.05, 4.69) is 19.6 Å². The molecule has 0 saturated carbocycles. The summed E-state index contributed by atoms with van der Waals surface area (Å²) < 4.78 is 34.8. The van der Waals surface area contributed by atoms with Gasteiger partial charge in [0.25, 0.3) is 5.91 Å². The van der Waals surface area contributed by atoms with Crippen molar-refractivity contribution < 1.29 is 26.8 Å². The van der Waals surface area contributed by atoms with Gasteiger partial charge in [-0.25, -0.2) is 14.8 Å². The smallest absolute Gasteiger partial charge is 0.310 e. The highest BCUT2D eigenvalue weighted by Crippen LogP contribution is 2.30. The maximum absolute atomic E-state index is 12.3. The Labute approximate surface area is 142 Å². The zero-order valence-electron chi connectivity index (χ0n) is 12.7. The van der Waals surface area contributed by atoms with Crippen LogP contribution in [0.2, 0.25) is 0 Å². The number of nitrogens with zero attached hydrogens (tertiary/aromatic N) is 4. The highest BCUT2D eigenvalue weighted by Gasteiger charge is 2.48. The first-order valence-electron chi connectivity index (χ1n) is 7.19. The lowest BCUT2D eigenvalue weighted by Gasteiger charge is -2.30. The molecule has 2 aliphatic rings. The second-order valence-electron chi connectivity index (χ2n) is 5.47. The number of carbonyl (C=O) groups is 2. The zero-order valence-corrected chi connectivity index (χ0v) is 13.5. The van der Waals surface area contributed by atoms with Crippen molar-refractivity contribution >= 4 is 28.2 Å². The first-order valence-corrected chi connectivity index (χ1v) is 8.55. The van der Waals surface area contributed by atoms with Gasteiger partial charge in [0.15, 0.2) is 0 Å². The van der Waals surface area contributed by atoms with Crippen LogP contribution in [0.15, 0.2) is 18.6 Å². The van der Waals surface area contributed by atoms with Gasteiger partial charge in [-0.2, -0.15) is 13.5 Å². The van der Waals surface area contributed by atoms with Crippen LogP contribution >= 0.6 is 0 Å². The number of amidine groups is 1. The number of hydroxylamine groups is 2. The molecule has 3 heterocycles. The van der Waals surface area contributed by atoms with E-state index in [9.17, 15) is 18.0 Å². The van der Waals surface area contributed by atoms with Crippen LogP contribution in [0.3, 0.4) is 0 Å². The summed E-state index contributed by atoms with van der Waals surface area (Å²) in [5.74, 6) is -0.837. The normalized spacial score (nSPS) is 22.8. The predicted octanol–water partition coefficient (Wildman–Crippen LogP) is -0.813. The number of hydrogen-bond donors (Lipinski definition) is 3. The van der Waals surface area contributed by atoms with Gasteiger partial charge in [0, 0.05) is 12.7 Å². The number of amides is 3. The average Bonchev–Trinajstić information content (AvgIpc) is 2.79. The molecule has 0 aliphatic carbocycles. The number of aromatic nitrogens is 2. The van der Waals surface area contributed by atoms with Crippen LogP contribution < -0.4 is 5.32 Å². The van der Waals surface area contributed by atoms with Gasteiger partial charge in [-0.05, 0) is 18.9 Å². The minimum atomic E-state index is -4.83. The Morgan fingerprint density at radius 2 is 2.20 bits per heavy atom. The van der Waals surface area contributed by atoms with E-state index < -0.39 is 34.4 Å². The third kappa shape index (κ3) is 3.57. The van der Waals surface area contributed by atoms with Crippen molar-refractivity contribution in [2.45, 2.75) is 24.9 Å². The van der Waals surface area contributed by atoms with Crippen molar-refractivity contribution in [2.75, 3.05) is 6.54 Å². The SMILES string of the molecule is N=C(NC(=O)c1ccncn1)[C@@H]1CC[C@@H]2CN1C(=O)N2OS(=O)(=O)O. The molecule has 2 bridgehead atoms. The zero-order chi connectivity index (χ0) is 18.2. The van der Waals surface area contributed by atoms with E-state index >= 15 is 0 Å². The standard InChI is InChI=1S/C12H14N6O6S/c13-10(16-11(19)8-3-4-14-6-15-8)9-2-1-7-5-17(9)12(20)18(7)24-25(21,22)23/h3-4,6-7,9H,1-2,5H2,(H2,13,16,19)(H,21,22,23)/t7-,9+/m1/s1. The van der Waals surface area contributed by atoms with Crippen LogP contribution in [-0.4, -0.2) is 69.3 Å². The maximum atomic E-state index is 12.3. The van der Waals surface area contributed by atoms with E-state index in [1.54, 1.807) is 0 Å². The van der Waals surface area contributed by atoms with E-state index in [0.29, 0.717) is 17.9 Å². The van der Waals surface area contributed by atoms with Gasteiger partial charge in [0.2, 0.25) is 0 Å². The van der Waals surface area contributed by atoms with Crippen LogP contribution in [0.25, 0.3) is 0 Å². The second kappa shape index (κ2) is 6.34. The third-order valence-corrected chi connectivity index (χ3v) is 4.24. The van der Waals surface area contributed by atoms with Gasteiger partial charge >= 0.3 is 16.4 Å². The van der Waals surface area contributed by atoms with E-state index in [-0.39, 0.29) is 18.1 Å². The van der Waals surface area contributed by atoms with E-state index in [0.717, 1.165) is 0 Å². The van der Waals surface area contributed by atoms with Gasteiger partial charge in [0.05, 0.1) is 12.1 Å². The number of fused-ring (bicyclic) bond motifs is 2. The third-order valence-electron chi connectivity index (χ3n) is 3.89. The molecule has 2 aliphatic heterocycles. The number of hydrogen-bond acceptors (Lipinski definition) is 8. The van der Waals surface area contributed by atoms with Crippen molar-refractivity contribution in [3.63, 3.8) is 0 Å². The lowest BCUT2D eigenvalue weighted by molar-refractivity contribution is -0.0316. The molecule has 2 atom stereocenters. The lowest BCUT2D eigenvalue weighted by Crippen LogP contribution is -2.50. The number of nitrogens with one attached hydrogen (secondary N) is 2. The van der Waals surface area contributed by atoms with Crippen LogP contribution in [0.5, 0.6) is 0 Å². The molecule has 0 unspecified atom stereocenters. The molecule has 13 heteroatoms. The molecule has 134 valence electrons. The average molecular weight is 370 g/mol. The summed E-state index contributed by atoms with van der Waals surface area (Å²) in [7, 11) is -4.83. The number of rotatable bonds is 4. The number of piperidine rings is 1. The summed E-state index contributed by atoms with van der Waals surface area (Å²) in [6.45, 7) is 0.116. The quantitative estimate of drug-likeness (QED) is 0.351. The molecule has 25 heavy (non-hydrogen) atoms. The Hall–Kier alpha value is -2.64. The first-order chi connectivity index (χ1) is 11.8. The first kappa shape index (κ1) is 17.2. The highest BCUT2D eigenvalue weighted by atomic mass is 32.3. The Morgan fingerprint density at radius 1 is 1.44 bits per heavy atom. The molecule has 1 aromatic heterocycles. The second-order valence-corrected chi connectivity index (χ2v) is 6.48. The maximum Gasteiger partial charge on any atom is 0.418 e. The lowest BCUT2D eigenvalue weighted by atomic mass is 10.00. The molecule has 12 nitrogen and oxygen atoms in total. The minimum Gasteiger partial charge on any atom is -0.310 e. The van der Waals surface area contributed by atoms with Crippen LogP contribution in [0, 0.1) is 5.41 Å². The van der Waals surface area contributed by atoms with Gasteiger partial charge in [-0.15, -0.1) is 4.28 Å². The Morgan fingerprint density at radius 3 is 2.84 bits per heavy atom. The Kier molecular flexibility index (Phi) is 4.36. The van der Waals surface area contributed by atoms with E-state index in [4.69, 9.17) is 9.96 Å². The molecule has 1 aromatic rings. The Bertz CT molecular complexity index is 815. The van der Waals surface area contributed by atoms with Crippen molar-refractivity contribution in [3.8, 4) is 0 Å². The van der Waals surface area contributed by atoms with Crippen molar-refractivity contribution in [2.24, 2.45) is 0 Å². The van der Waals surface area contributed by atoms with Crippen LogP contribution in [0.4, 0.5) is 4.79 Å². The fraction of sp³-hybridized carbons (Fsp3) is 0.417. The molecule has 3 rings (SSSR count). The van der Waals surface area contributed by atoms with E-state index in [1.807, 2.05) is 0 Å². The predicted molar refractivity (Wildman–Crippen MR) is 80.6 cm³/mol. The fourth-order valence-electron chi connectivity index (χ4n) is 2.83. The van der Waals surface area contributed by atoms with Crippen LogP contribution in [0.1, 0.15) is 23.3 Å². The van der Waals surface area contributed by atoms with Crippen molar-refractivity contribution in [3.05, 3.63) is 24.3 Å². The van der Waals surface area contributed by atoms with Gasteiger partial charge < -0.3 is 10.2 Å². The largest absolute Gasteiger partial charge is 0.418 e. The van der Waals surface area contributed by atoms with E-state index in [1.165, 1.54) is 23.5 Å². The molecule has 0 aromatic carbocycles. The van der Waals surface area contributed by atoms with Gasteiger partial charge in [-0.1, -0.05) is 0 Å². The summed E-state index contributed by atoms with van der Waals surface area (Å²) >= 11 is 0. The molecule has 0 spiro atoms. The molecule has 3 amide bonds. The van der Waals surface area contributed by atoms with Crippen molar-refractivity contribution in [1.29, 1.82) is 5.41 Å². The van der Waals surface area contributed by atoms with Crippen molar-refractivity contribution in [1.82, 2.24) is 25.2 Å². The summed E-state index contributed by atoms with van der Waals surface area (Å²) in [5.41, 5.74) is 0.0671. The minimum absolute atomic E-state index is 0.0671. The monoisotopic (exact) mass is 370 g/mol. The number of carbonyl (C=O) groups excluding carboxylic acids is 2. The Balaban J connectivity index is 1.69. The van der Waals surface area contributed by atoms with Crippen LogP contribution in [-0.2, 0) is 14.7 Å². The molecular weight excluding hydrogens is 356 g/mol. The summed E-state index contributed by atoms with van der Waals surface area (Å²) in [6.07, 6.45) is 3.24. The fourth-order valence-corrected chi connectivity index (χ4v) is 3.21. The summed E-state index contributed by atoms with van der Waals surface area (Å²) in [5, 5.41) is 11.0. The summed E-state index contributed by atoms with van der Waals surface area (Å²) in [4.78, 5) is 33.0. The number of urea groups is 1. The molecule has 2 saturated heterocycles. The summed E-state index contributed by atoms with van der Waals surface area (Å²) in [6, 6.07) is -0.728. The topological polar surface area (TPSA) is 166 Å². The highest BCUT2D eigenvalue weighted by molar-refractivity contribution is 7.80. The molecule has 0 radical (unpaired) electrons. The molecular formula is C12H14N6O6S. The van der Waals surface area contributed by atoms with Gasteiger partial charge in [0.1, 0.15) is 17.9 Å². The van der Waals surface area contributed by atoms with Gasteiger partial charge in [-0.3, -0.25) is 14.8 Å².